The molecule has 3 aromatic rings. The van der Waals surface area contributed by atoms with Gasteiger partial charge in [0.2, 0.25) is 0 Å². The molecule has 0 aliphatic rings. The summed E-state index contributed by atoms with van der Waals surface area (Å²) in [6.07, 6.45) is 0.672. The van der Waals surface area contributed by atoms with E-state index in [4.69, 9.17) is 0 Å². The molecule has 0 spiro atoms. The highest BCUT2D eigenvalue weighted by atomic mass is 32.1. The highest BCUT2D eigenvalue weighted by molar-refractivity contribution is 7.19. The molecule has 2 aromatic carbocycles. The zero-order valence-electron chi connectivity index (χ0n) is 11.7. The van der Waals surface area contributed by atoms with Crippen LogP contribution in [0, 0.1) is 5.82 Å². The van der Waals surface area contributed by atoms with Gasteiger partial charge in [0.15, 0.2) is 0 Å². The maximum absolute atomic E-state index is 14.0. The lowest BCUT2D eigenvalue weighted by Crippen LogP contribution is -1.95. The molecule has 0 unspecified atom stereocenters. The maximum atomic E-state index is 14.0. The van der Waals surface area contributed by atoms with Gasteiger partial charge in [0.1, 0.15) is 5.82 Å². The standard InChI is InChI=1S/C18H17FS/c1-12(2)13-7-8-17(19)15(9-13)11-16-10-14-5-3-4-6-18(14)20-16/h3-10,12H,11H2,1-2H3. The van der Waals surface area contributed by atoms with Crippen molar-refractivity contribution in [1.82, 2.24) is 0 Å². The molecule has 3 rings (SSSR count). The van der Waals surface area contributed by atoms with Gasteiger partial charge < -0.3 is 0 Å². The second-order valence-corrected chi connectivity index (χ2v) is 6.60. The van der Waals surface area contributed by atoms with Crippen LogP contribution in [0.1, 0.15) is 35.8 Å². The zero-order valence-corrected chi connectivity index (χ0v) is 12.5. The Labute approximate surface area is 122 Å². The summed E-state index contributed by atoms with van der Waals surface area (Å²) in [6, 6.07) is 16.0. The molecular weight excluding hydrogens is 267 g/mol. The summed E-state index contributed by atoms with van der Waals surface area (Å²) in [5, 5.41) is 1.24. The van der Waals surface area contributed by atoms with Gasteiger partial charge in [0, 0.05) is 16.0 Å². The number of thiophene rings is 1. The highest BCUT2D eigenvalue weighted by Gasteiger charge is 2.09. The first-order valence-corrected chi connectivity index (χ1v) is 7.71. The van der Waals surface area contributed by atoms with E-state index in [1.54, 1.807) is 17.4 Å². The maximum Gasteiger partial charge on any atom is 0.126 e. The summed E-state index contributed by atoms with van der Waals surface area (Å²) in [5.41, 5.74) is 1.99. The van der Waals surface area contributed by atoms with Gasteiger partial charge in [-0.2, -0.15) is 0 Å². The van der Waals surface area contributed by atoms with Crippen LogP contribution in [0.25, 0.3) is 10.1 Å². The van der Waals surface area contributed by atoms with Gasteiger partial charge >= 0.3 is 0 Å². The average molecular weight is 284 g/mol. The molecule has 0 aliphatic carbocycles. The largest absolute Gasteiger partial charge is 0.207 e. The van der Waals surface area contributed by atoms with Crippen LogP contribution in [0.3, 0.4) is 0 Å². The highest BCUT2D eigenvalue weighted by Crippen LogP contribution is 2.28. The molecule has 1 heterocycles. The summed E-state index contributed by atoms with van der Waals surface area (Å²) >= 11 is 1.75. The van der Waals surface area contributed by atoms with E-state index < -0.39 is 0 Å². The van der Waals surface area contributed by atoms with Crippen molar-refractivity contribution in [2.45, 2.75) is 26.2 Å². The van der Waals surface area contributed by atoms with Gasteiger partial charge in [-0.15, -0.1) is 11.3 Å². The summed E-state index contributed by atoms with van der Waals surface area (Å²) in [6.45, 7) is 4.27. The molecule has 2 heteroatoms. The molecule has 0 bridgehead atoms. The van der Waals surface area contributed by atoms with Crippen molar-refractivity contribution in [3.63, 3.8) is 0 Å². The van der Waals surface area contributed by atoms with Crippen LogP contribution in [0.2, 0.25) is 0 Å². The Balaban J connectivity index is 1.95. The molecule has 1 aromatic heterocycles. The van der Waals surface area contributed by atoms with E-state index in [0.29, 0.717) is 12.3 Å². The van der Waals surface area contributed by atoms with E-state index in [1.165, 1.54) is 20.5 Å². The Morgan fingerprint density at radius 2 is 1.85 bits per heavy atom. The van der Waals surface area contributed by atoms with Gasteiger partial charge in [-0.25, -0.2) is 4.39 Å². The van der Waals surface area contributed by atoms with E-state index in [-0.39, 0.29) is 5.82 Å². The first-order valence-electron chi connectivity index (χ1n) is 6.89. The third kappa shape index (κ3) is 2.61. The monoisotopic (exact) mass is 284 g/mol. The summed E-state index contributed by atoms with van der Waals surface area (Å²) < 4.78 is 15.2. The Bertz CT molecular complexity index is 707. The van der Waals surface area contributed by atoms with Crippen molar-refractivity contribution < 1.29 is 4.39 Å². The lowest BCUT2D eigenvalue weighted by Gasteiger charge is -2.08. The normalized spacial score (nSPS) is 11.4. The fourth-order valence-electron chi connectivity index (χ4n) is 2.40. The quantitative estimate of drug-likeness (QED) is 0.574. The van der Waals surface area contributed by atoms with E-state index in [2.05, 4.69) is 32.0 Å². The zero-order chi connectivity index (χ0) is 14.1. The van der Waals surface area contributed by atoms with Gasteiger partial charge in [-0.05, 0) is 40.6 Å². The van der Waals surface area contributed by atoms with Crippen molar-refractivity contribution in [3.8, 4) is 0 Å². The molecule has 0 nitrogen and oxygen atoms in total. The second kappa shape index (κ2) is 5.37. The molecule has 20 heavy (non-hydrogen) atoms. The van der Waals surface area contributed by atoms with Crippen molar-refractivity contribution in [3.05, 3.63) is 70.4 Å². The number of hydrogen-bond acceptors (Lipinski definition) is 1. The third-order valence-electron chi connectivity index (χ3n) is 3.58. The van der Waals surface area contributed by atoms with E-state index in [9.17, 15) is 4.39 Å². The van der Waals surface area contributed by atoms with Crippen LogP contribution >= 0.6 is 11.3 Å². The van der Waals surface area contributed by atoms with Crippen LogP contribution in [0.15, 0.2) is 48.5 Å². The molecule has 0 amide bonds. The van der Waals surface area contributed by atoms with Crippen molar-refractivity contribution in [2.24, 2.45) is 0 Å². The number of rotatable bonds is 3. The van der Waals surface area contributed by atoms with Crippen LogP contribution in [0.5, 0.6) is 0 Å². The minimum absolute atomic E-state index is 0.105. The second-order valence-electron chi connectivity index (χ2n) is 5.43. The number of hydrogen-bond donors (Lipinski definition) is 0. The third-order valence-corrected chi connectivity index (χ3v) is 4.69. The van der Waals surface area contributed by atoms with Gasteiger partial charge in [-0.1, -0.05) is 44.2 Å². The number of halogens is 1. The molecule has 0 atom stereocenters. The predicted molar refractivity (Wildman–Crippen MR) is 85.1 cm³/mol. The van der Waals surface area contributed by atoms with Crippen molar-refractivity contribution >= 4 is 21.4 Å². The fraction of sp³-hybridized carbons (Fsp3) is 0.222. The first kappa shape index (κ1) is 13.3. The topological polar surface area (TPSA) is 0 Å². The van der Waals surface area contributed by atoms with Crippen LogP contribution < -0.4 is 0 Å². The summed E-state index contributed by atoms with van der Waals surface area (Å²) in [7, 11) is 0. The van der Waals surface area contributed by atoms with Crippen LogP contribution in [0.4, 0.5) is 4.39 Å². The number of fused-ring (bicyclic) bond motifs is 1. The van der Waals surface area contributed by atoms with Crippen LogP contribution in [-0.4, -0.2) is 0 Å². The lowest BCUT2D eigenvalue weighted by molar-refractivity contribution is 0.612. The Morgan fingerprint density at radius 3 is 2.60 bits per heavy atom. The molecule has 0 saturated heterocycles. The summed E-state index contributed by atoms with van der Waals surface area (Å²) in [5.74, 6) is 0.323. The van der Waals surface area contributed by atoms with Gasteiger partial charge in [0.25, 0.3) is 0 Å². The molecule has 0 radical (unpaired) electrons. The molecule has 0 saturated carbocycles. The van der Waals surface area contributed by atoms with Gasteiger partial charge in [-0.3, -0.25) is 0 Å². The Hall–Kier alpha value is -1.67. The first-order chi connectivity index (χ1) is 9.63. The predicted octanol–water partition coefficient (Wildman–Crippen LogP) is 5.75. The Morgan fingerprint density at radius 1 is 1.05 bits per heavy atom. The van der Waals surface area contributed by atoms with Crippen LogP contribution in [-0.2, 0) is 6.42 Å². The van der Waals surface area contributed by atoms with E-state index >= 15 is 0 Å². The van der Waals surface area contributed by atoms with Gasteiger partial charge in [0.05, 0.1) is 0 Å². The van der Waals surface area contributed by atoms with Crippen molar-refractivity contribution in [1.29, 1.82) is 0 Å². The molecule has 102 valence electrons. The fourth-order valence-corrected chi connectivity index (χ4v) is 3.49. The lowest BCUT2D eigenvalue weighted by atomic mass is 9.99. The Kier molecular flexibility index (Phi) is 3.58. The molecular formula is C18H17FS. The van der Waals surface area contributed by atoms with E-state index in [0.717, 1.165) is 5.56 Å². The smallest absolute Gasteiger partial charge is 0.126 e. The molecule has 0 N–H and O–H groups in total. The number of benzene rings is 2. The summed E-state index contributed by atoms with van der Waals surface area (Å²) in [4.78, 5) is 1.21. The molecule has 0 fully saturated rings. The average Bonchev–Trinajstić information content (AvgIpc) is 2.83. The molecule has 0 aliphatic heterocycles. The SMILES string of the molecule is CC(C)c1ccc(F)c(Cc2cc3ccccc3s2)c1. The minimum Gasteiger partial charge on any atom is -0.207 e. The minimum atomic E-state index is -0.105. The van der Waals surface area contributed by atoms with Crippen molar-refractivity contribution in [2.75, 3.05) is 0 Å². The van der Waals surface area contributed by atoms with E-state index in [1.807, 2.05) is 24.3 Å².